The molecule has 5 heteroatoms. The molecular weight excluding hydrogens is 318 g/mol. The highest BCUT2D eigenvalue weighted by atomic mass is 16.5. The lowest BCUT2D eigenvalue weighted by molar-refractivity contribution is -0.150. The zero-order valence-corrected chi connectivity index (χ0v) is 14.4. The summed E-state index contributed by atoms with van der Waals surface area (Å²) in [6, 6.07) is 10.1. The van der Waals surface area contributed by atoms with Crippen LogP contribution < -0.4 is 0 Å². The van der Waals surface area contributed by atoms with Gasteiger partial charge in [-0.25, -0.2) is 0 Å². The fourth-order valence-corrected chi connectivity index (χ4v) is 5.03. The van der Waals surface area contributed by atoms with Gasteiger partial charge in [-0.15, -0.1) is 0 Å². The summed E-state index contributed by atoms with van der Waals surface area (Å²) in [7, 11) is 0. The molecule has 0 aromatic heterocycles. The molecule has 1 aliphatic carbocycles. The number of aliphatic carboxylic acids is 1. The second kappa shape index (κ2) is 6.13. The van der Waals surface area contributed by atoms with Crippen molar-refractivity contribution in [3.8, 4) is 0 Å². The Balaban J connectivity index is 1.65. The van der Waals surface area contributed by atoms with Crippen LogP contribution in [0.15, 0.2) is 30.3 Å². The predicted octanol–water partition coefficient (Wildman–Crippen LogP) is 2.45. The first-order valence-corrected chi connectivity index (χ1v) is 9.25. The van der Waals surface area contributed by atoms with Gasteiger partial charge in [0, 0.05) is 19.0 Å². The molecule has 0 radical (unpaired) electrons. The molecule has 5 nitrogen and oxygen atoms in total. The van der Waals surface area contributed by atoms with Gasteiger partial charge < -0.3 is 14.7 Å². The molecule has 1 N–H and O–H groups in total. The van der Waals surface area contributed by atoms with Crippen molar-refractivity contribution in [1.29, 1.82) is 0 Å². The third-order valence-electron chi connectivity index (χ3n) is 6.53. The largest absolute Gasteiger partial charge is 0.481 e. The maximum absolute atomic E-state index is 13.6. The highest BCUT2D eigenvalue weighted by Gasteiger charge is 2.59. The van der Waals surface area contributed by atoms with Crippen molar-refractivity contribution < 1.29 is 19.4 Å². The van der Waals surface area contributed by atoms with Gasteiger partial charge in [0.1, 0.15) is 5.41 Å². The number of carboxylic acid groups (broad SMARTS) is 1. The van der Waals surface area contributed by atoms with Crippen LogP contribution in [0, 0.1) is 11.3 Å². The quantitative estimate of drug-likeness (QED) is 0.915. The highest BCUT2D eigenvalue weighted by molar-refractivity contribution is 5.90. The van der Waals surface area contributed by atoms with E-state index in [-0.39, 0.29) is 25.0 Å². The van der Waals surface area contributed by atoms with Crippen molar-refractivity contribution in [2.45, 2.75) is 37.5 Å². The summed E-state index contributed by atoms with van der Waals surface area (Å²) in [4.78, 5) is 27.3. The summed E-state index contributed by atoms with van der Waals surface area (Å²) in [5, 5.41) is 9.75. The van der Waals surface area contributed by atoms with E-state index in [0.717, 1.165) is 37.7 Å². The minimum atomic E-state index is -0.914. The Morgan fingerprint density at radius 3 is 2.48 bits per heavy atom. The Morgan fingerprint density at radius 2 is 1.84 bits per heavy atom. The number of amides is 1. The number of likely N-dealkylation sites (tertiary alicyclic amines) is 1. The predicted molar refractivity (Wildman–Crippen MR) is 92.2 cm³/mol. The number of ether oxygens (including phenoxy) is 1. The van der Waals surface area contributed by atoms with Crippen LogP contribution in [-0.2, 0) is 19.7 Å². The molecule has 1 amide bonds. The van der Waals surface area contributed by atoms with E-state index in [1.165, 1.54) is 0 Å². The van der Waals surface area contributed by atoms with E-state index >= 15 is 0 Å². The normalized spacial score (nSPS) is 30.9. The van der Waals surface area contributed by atoms with Crippen LogP contribution in [0.5, 0.6) is 0 Å². The van der Waals surface area contributed by atoms with Gasteiger partial charge in [-0.1, -0.05) is 49.6 Å². The molecule has 2 saturated heterocycles. The third kappa shape index (κ3) is 2.48. The summed E-state index contributed by atoms with van der Waals surface area (Å²) in [5.41, 5.74) is -0.321. The van der Waals surface area contributed by atoms with Crippen molar-refractivity contribution in [3.63, 3.8) is 0 Å². The smallest absolute Gasteiger partial charge is 0.314 e. The van der Waals surface area contributed by atoms with Crippen molar-refractivity contribution in [2.24, 2.45) is 11.3 Å². The molecule has 3 aliphatic rings. The molecule has 2 atom stereocenters. The van der Waals surface area contributed by atoms with Gasteiger partial charge in [0.2, 0.25) is 5.91 Å². The number of rotatable bonds is 3. The lowest BCUT2D eigenvalue weighted by Crippen LogP contribution is -2.49. The Morgan fingerprint density at radius 1 is 1.12 bits per heavy atom. The van der Waals surface area contributed by atoms with Crippen molar-refractivity contribution >= 4 is 11.9 Å². The van der Waals surface area contributed by atoms with Crippen LogP contribution in [0.4, 0.5) is 0 Å². The van der Waals surface area contributed by atoms with Gasteiger partial charge in [-0.2, -0.15) is 0 Å². The molecular formula is C20H25NO4. The van der Waals surface area contributed by atoms with E-state index in [1.807, 2.05) is 23.1 Å². The molecule has 0 bridgehead atoms. The molecule has 1 saturated carbocycles. The molecule has 134 valence electrons. The number of nitrogens with zero attached hydrogens (tertiary/aromatic N) is 1. The van der Waals surface area contributed by atoms with Crippen LogP contribution in [0.1, 0.15) is 37.7 Å². The van der Waals surface area contributed by atoms with Crippen molar-refractivity contribution in [1.82, 2.24) is 4.90 Å². The van der Waals surface area contributed by atoms with Crippen LogP contribution in [0.25, 0.3) is 0 Å². The lowest BCUT2D eigenvalue weighted by atomic mass is 9.68. The molecule has 25 heavy (non-hydrogen) atoms. The first-order chi connectivity index (χ1) is 12.1. The third-order valence-corrected chi connectivity index (χ3v) is 6.53. The van der Waals surface area contributed by atoms with Crippen LogP contribution in [-0.4, -0.2) is 48.2 Å². The zero-order chi connectivity index (χ0) is 17.5. The second-order valence-electron chi connectivity index (χ2n) is 7.87. The molecule has 1 aromatic carbocycles. The Hall–Kier alpha value is -1.88. The fraction of sp³-hybridized carbons (Fsp3) is 0.600. The molecule has 0 spiro atoms. The topological polar surface area (TPSA) is 66.8 Å². The molecule has 0 unspecified atom stereocenters. The van der Waals surface area contributed by atoms with Crippen LogP contribution >= 0.6 is 0 Å². The number of carboxylic acids is 1. The second-order valence-corrected chi connectivity index (χ2v) is 7.87. The van der Waals surface area contributed by atoms with E-state index in [1.54, 1.807) is 0 Å². The Bertz CT molecular complexity index is 668. The van der Waals surface area contributed by atoms with E-state index in [4.69, 9.17) is 4.74 Å². The first kappa shape index (κ1) is 16.6. The zero-order valence-electron chi connectivity index (χ0n) is 14.4. The monoisotopic (exact) mass is 343 g/mol. The number of fused-ring (bicyclic) bond motifs is 1. The van der Waals surface area contributed by atoms with Crippen molar-refractivity contribution in [2.75, 3.05) is 26.3 Å². The minimum Gasteiger partial charge on any atom is -0.481 e. The van der Waals surface area contributed by atoms with E-state index in [2.05, 4.69) is 12.1 Å². The number of hydrogen-bond acceptors (Lipinski definition) is 3. The first-order valence-electron chi connectivity index (χ1n) is 9.25. The van der Waals surface area contributed by atoms with Gasteiger partial charge >= 0.3 is 5.97 Å². The van der Waals surface area contributed by atoms with Crippen LogP contribution in [0.2, 0.25) is 0 Å². The minimum absolute atomic E-state index is 0.0923. The van der Waals surface area contributed by atoms with E-state index in [0.29, 0.717) is 13.2 Å². The summed E-state index contributed by atoms with van der Waals surface area (Å²) in [6.07, 6.45) is 4.97. The van der Waals surface area contributed by atoms with Gasteiger partial charge in [0.25, 0.3) is 0 Å². The van der Waals surface area contributed by atoms with E-state index in [9.17, 15) is 14.7 Å². The maximum Gasteiger partial charge on any atom is 0.314 e. The molecule has 1 aromatic rings. The van der Waals surface area contributed by atoms with Crippen molar-refractivity contribution in [3.05, 3.63) is 35.9 Å². The Labute approximate surface area is 148 Å². The van der Waals surface area contributed by atoms with Gasteiger partial charge in [0.15, 0.2) is 0 Å². The summed E-state index contributed by atoms with van der Waals surface area (Å²) in [6.45, 7) is 1.43. The summed E-state index contributed by atoms with van der Waals surface area (Å²) in [5.74, 6) is -0.804. The highest BCUT2D eigenvalue weighted by Crippen LogP contribution is 2.46. The average Bonchev–Trinajstić information content (AvgIpc) is 3.21. The average molecular weight is 343 g/mol. The number of carbonyl (C=O) groups is 2. The van der Waals surface area contributed by atoms with Gasteiger partial charge in [-0.3, -0.25) is 9.59 Å². The number of hydrogen-bond donors (Lipinski definition) is 1. The number of carbonyl (C=O) groups excluding carboxylic acids is 1. The summed E-state index contributed by atoms with van der Waals surface area (Å²) < 4.78 is 5.44. The van der Waals surface area contributed by atoms with Gasteiger partial charge in [0.05, 0.1) is 18.6 Å². The molecule has 3 fully saturated rings. The van der Waals surface area contributed by atoms with Crippen LogP contribution in [0.3, 0.4) is 0 Å². The Kier molecular flexibility index (Phi) is 4.07. The number of benzene rings is 1. The molecule has 2 aliphatic heterocycles. The molecule has 4 rings (SSSR count). The standard InChI is InChI=1S/C20H25NO4/c22-17(21-11-16-12-25-14-20(16,13-21)18(23)24)19(9-5-2-6-10-19)15-7-3-1-4-8-15/h1,3-4,7-8,16H,2,5-6,9-14H2,(H,23,24)/t16-,20-/m1/s1. The SMILES string of the molecule is O=C(N1C[C@@H]2COC[C@]2(C(=O)O)C1)C1(c2ccccc2)CCCCC1. The fourth-order valence-electron chi connectivity index (χ4n) is 5.03. The van der Waals surface area contributed by atoms with E-state index < -0.39 is 16.8 Å². The maximum atomic E-state index is 13.6. The molecule has 2 heterocycles. The summed E-state index contributed by atoms with van der Waals surface area (Å²) >= 11 is 0. The van der Waals surface area contributed by atoms with Gasteiger partial charge in [-0.05, 0) is 18.4 Å². The lowest BCUT2D eigenvalue weighted by Gasteiger charge is -2.39.